The van der Waals surface area contributed by atoms with Gasteiger partial charge in [0.1, 0.15) is 11.5 Å². The van der Waals surface area contributed by atoms with E-state index in [0.717, 1.165) is 11.3 Å². The van der Waals surface area contributed by atoms with Crippen LogP contribution < -0.4 is 14.8 Å². The molecule has 0 spiro atoms. The van der Waals surface area contributed by atoms with Crippen LogP contribution in [0.2, 0.25) is 0 Å². The fourth-order valence-electron chi connectivity index (χ4n) is 3.51. The van der Waals surface area contributed by atoms with E-state index in [9.17, 15) is 4.79 Å². The Bertz CT molecular complexity index is 1460. The standard InChI is InChI=1S/C27H18N4O3/c1-17-22(12-11-21-25(32)23(34-26(17)21)15-18-5-3-2-4-6-18)33-24-13-14-29-27(31-24)30-20-9-7-19(16-28)8-10-20/h2-15H,1H3,(H,29,30,31)/b23-15-. The second-order valence-electron chi connectivity index (χ2n) is 7.55. The lowest BCUT2D eigenvalue weighted by atomic mass is 10.1. The largest absolute Gasteiger partial charge is 0.452 e. The molecule has 1 N–H and O–H groups in total. The van der Waals surface area contributed by atoms with Crippen LogP contribution >= 0.6 is 0 Å². The lowest BCUT2D eigenvalue weighted by Crippen LogP contribution is -1.99. The van der Waals surface area contributed by atoms with Gasteiger partial charge < -0.3 is 14.8 Å². The van der Waals surface area contributed by atoms with Crippen molar-refractivity contribution in [1.82, 2.24) is 9.97 Å². The number of ether oxygens (including phenoxy) is 2. The smallest absolute Gasteiger partial charge is 0.231 e. The maximum atomic E-state index is 12.8. The SMILES string of the molecule is Cc1c(Oc2ccnc(Nc3ccc(C#N)cc3)n2)ccc2c1O/C(=C\c1ccccc1)C2=O. The minimum atomic E-state index is -0.163. The molecule has 0 aliphatic carbocycles. The number of carbonyl (C=O) groups excluding carboxylic acids is 1. The second kappa shape index (κ2) is 8.88. The molecule has 0 saturated heterocycles. The van der Waals surface area contributed by atoms with E-state index in [4.69, 9.17) is 14.7 Å². The number of nitrogens with zero attached hydrogens (tertiary/aromatic N) is 3. The average molecular weight is 446 g/mol. The summed E-state index contributed by atoms with van der Waals surface area (Å²) in [5, 5.41) is 12.0. The van der Waals surface area contributed by atoms with Crippen LogP contribution in [0.25, 0.3) is 6.08 Å². The highest BCUT2D eigenvalue weighted by molar-refractivity contribution is 6.15. The number of nitriles is 1. The molecule has 0 amide bonds. The number of Topliss-reactive ketones (excluding diaryl/α,β-unsaturated/α-hetero) is 1. The number of benzene rings is 3. The van der Waals surface area contributed by atoms with Gasteiger partial charge in [-0.2, -0.15) is 10.2 Å². The van der Waals surface area contributed by atoms with E-state index in [0.29, 0.717) is 40.0 Å². The molecule has 0 unspecified atom stereocenters. The molecular formula is C27H18N4O3. The Labute approximate surface area is 196 Å². The Hall–Kier alpha value is -4.96. The first-order chi connectivity index (χ1) is 16.6. The van der Waals surface area contributed by atoms with Crippen LogP contribution in [0.5, 0.6) is 17.4 Å². The summed E-state index contributed by atoms with van der Waals surface area (Å²) in [6.07, 6.45) is 3.31. The fourth-order valence-corrected chi connectivity index (χ4v) is 3.51. The predicted octanol–water partition coefficient (Wildman–Crippen LogP) is 5.81. The van der Waals surface area contributed by atoms with Crippen LogP contribution in [0.4, 0.5) is 11.6 Å². The van der Waals surface area contributed by atoms with Crippen molar-refractivity contribution >= 4 is 23.5 Å². The lowest BCUT2D eigenvalue weighted by molar-refractivity contribution is 0.101. The molecule has 0 saturated carbocycles. The van der Waals surface area contributed by atoms with Gasteiger partial charge in [-0.1, -0.05) is 30.3 Å². The van der Waals surface area contributed by atoms with Gasteiger partial charge in [0.15, 0.2) is 5.76 Å². The van der Waals surface area contributed by atoms with Crippen molar-refractivity contribution in [3.8, 4) is 23.4 Å². The van der Waals surface area contributed by atoms with Crippen molar-refractivity contribution in [3.63, 3.8) is 0 Å². The minimum absolute atomic E-state index is 0.163. The summed E-state index contributed by atoms with van der Waals surface area (Å²) in [6.45, 7) is 1.84. The second-order valence-corrected chi connectivity index (χ2v) is 7.55. The number of aromatic nitrogens is 2. The first-order valence-corrected chi connectivity index (χ1v) is 10.5. The van der Waals surface area contributed by atoms with E-state index >= 15 is 0 Å². The number of rotatable bonds is 5. The number of anilines is 2. The Kier molecular flexibility index (Phi) is 5.46. The number of hydrogen-bond donors (Lipinski definition) is 1. The summed E-state index contributed by atoms with van der Waals surface area (Å²) in [6, 6.07) is 23.7. The van der Waals surface area contributed by atoms with E-state index in [1.54, 1.807) is 54.7 Å². The normalized spacial score (nSPS) is 13.2. The minimum Gasteiger partial charge on any atom is -0.452 e. The highest BCUT2D eigenvalue weighted by Gasteiger charge is 2.30. The van der Waals surface area contributed by atoms with E-state index in [1.807, 2.05) is 37.3 Å². The van der Waals surface area contributed by atoms with Crippen molar-refractivity contribution in [2.75, 3.05) is 5.32 Å². The van der Waals surface area contributed by atoms with Crippen molar-refractivity contribution in [1.29, 1.82) is 5.26 Å². The zero-order valence-corrected chi connectivity index (χ0v) is 18.1. The molecule has 7 nitrogen and oxygen atoms in total. The Balaban J connectivity index is 1.36. The lowest BCUT2D eigenvalue weighted by Gasteiger charge is -2.11. The number of allylic oxidation sites excluding steroid dienone is 1. The molecule has 1 aliphatic rings. The summed E-state index contributed by atoms with van der Waals surface area (Å²) in [5.41, 5.74) is 3.39. The molecule has 4 aromatic rings. The highest BCUT2D eigenvalue weighted by atomic mass is 16.5. The maximum absolute atomic E-state index is 12.8. The van der Waals surface area contributed by atoms with Gasteiger partial charge in [-0.25, -0.2) is 4.98 Å². The van der Waals surface area contributed by atoms with Gasteiger partial charge in [0.25, 0.3) is 0 Å². The summed E-state index contributed by atoms with van der Waals surface area (Å²) < 4.78 is 11.9. The number of hydrogen-bond acceptors (Lipinski definition) is 7. The third-order valence-corrected chi connectivity index (χ3v) is 5.25. The van der Waals surface area contributed by atoms with Gasteiger partial charge >= 0.3 is 0 Å². The van der Waals surface area contributed by atoms with E-state index in [-0.39, 0.29) is 11.5 Å². The van der Waals surface area contributed by atoms with Crippen LogP contribution in [0, 0.1) is 18.3 Å². The van der Waals surface area contributed by atoms with Gasteiger partial charge in [-0.05, 0) is 55.0 Å². The van der Waals surface area contributed by atoms with Crippen molar-refractivity contribution in [2.24, 2.45) is 0 Å². The summed E-state index contributed by atoms with van der Waals surface area (Å²) in [5.74, 6) is 1.80. The summed E-state index contributed by atoms with van der Waals surface area (Å²) >= 11 is 0. The Morgan fingerprint density at radius 2 is 1.82 bits per heavy atom. The molecule has 1 aromatic heterocycles. The maximum Gasteiger partial charge on any atom is 0.231 e. The highest BCUT2D eigenvalue weighted by Crippen LogP contribution is 2.40. The number of carbonyl (C=O) groups is 1. The molecule has 34 heavy (non-hydrogen) atoms. The molecule has 7 heteroatoms. The van der Waals surface area contributed by atoms with E-state index in [2.05, 4.69) is 21.4 Å². The van der Waals surface area contributed by atoms with Crippen LogP contribution in [-0.4, -0.2) is 15.8 Å². The van der Waals surface area contributed by atoms with Crippen LogP contribution in [0.1, 0.15) is 27.0 Å². The Morgan fingerprint density at radius 1 is 1.03 bits per heavy atom. The molecule has 164 valence electrons. The molecule has 0 bridgehead atoms. The van der Waals surface area contributed by atoms with Gasteiger partial charge in [0, 0.05) is 23.5 Å². The van der Waals surface area contributed by atoms with Crippen LogP contribution in [0.3, 0.4) is 0 Å². The number of nitrogens with one attached hydrogen (secondary N) is 1. The number of ketones is 1. The van der Waals surface area contributed by atoms with Gasteiger partial charge in [0.05, 0.1) is 17.2 Å². The van der Waals surface area contributed by atoms with Gasteiger partial charge in [0.2, 0.25) is 17.6 Å². The van der Waals surface area contributed by atoms with Crippen molar-refractivity contribution in [3.05, 3.63) is 107 Å². The van der Waals surface area contributed by atoms with Crippen molar-refractivity contribution < 1.29 is 14.3 Å². The third-order valence-electron chi connectivity index (χ3n) is 5.25. The van der Waals surface area contributed by atoms with E-state index in [1.165, 1.54) is 0 Å². The topological polar surface area (TPSA) is 97.1 Å². The van der Waals surface area contributed by atoms with Gasteiger partial charge in [-0.15, -0.1) is 0 Å². The van der Waals surface area contributed by atoms with Crippen molar-refractivity contribution in [2.45, 2.75) is 6.92 Å². The molecule has 0 radical (unpaired) electrons. The van der Waals surface area contributed by atoms with E-state index < -0.39 is 0 Å². The monoisotopic (exact) mass is 446 g/mol. The van der Waals surface area contributed by atoms with Crippen LogP contribution in [0.15, 0.2) is 84.8 Å². The first-order valence-electron chi connectivity index (χ1n) is 10.5. The molecule has 5 rings (SSSR count). The molecule has 1 aliphatic heterocycles. The molecule has 2 heterocycles. The zero-order chi connectivity index (χ0) is 23.5. The zero-order valence-electron chi connectivity index (χ0n) is 18.1. The summed E-state index contributed by atoms with van der Waals surface area (Å²) in [4.78, 5) is 21.4. The van der Waals surface area contributed by atoms with Crippen LogP contribution in [-0.2, 0) is 0 Å². The predicted molar refractivity (Wildman–Crippen MR) is 127 cm³/mol. The molecule has 0 atom stereocenters. The quantitative estimate of drug-likeness (QED) is 0.386. The van der Waals surface area contributed by atoms with Gasteiger partial charge in [-0.3, -0.25) is 4.79 Å². The molecule has 3 aromatic carbocycles. The average Bonchev–Trinajstić information content (AvgIpc) is 3.18. The first kappa shape index (κ1) is 20.9. The summed E-state index contributed by atoms with van der Waals surface area (Å²) in [7, 11) is 0. The molecule has 0 fully saturated rings. The fraction of sp³-hybridized carbons (Fsp3) is 0.0370. The number of fused-ring (bicyclic) bond motifs is 1. The third kappa shape index (κ3) is 4.20. The Morgan fingerprint density at radius 3 is 2.59 bits per heavy atom. The molecular weight excluding hydrogens is 428 g/mol.